The summed E-state index contributed by atoms with van der Waals surface area (Å²) < 4.78 is 1.88. The molecule has 0 aliphatic heterocycles. The molecule has 0 aliphatic carbocycles. The molecule has 1 heterocycles. The van der Waals surface area contributed by atoms with Gasteiger partial charge in [0, 0.05) is 24.8 Å². The van der Waals surface area contributed by atoms with E-state index in [1.54, 1.807) is 0 Å². The lowest BCUT2D eigenvalue weighted by atomic mass is 9.97. The molecule has 0 unspecified atom stereocenters. The molecule has 0 radical (unpaired) electrons. The van der Waals surface area contributed by atoms with Crippen molar-refractivity contribution in [2.75, 3.05) is 13.6 Å². The van der Waals surface area contributed by atoms with E-state index in [-0.39, 0.29) is 0 Å². The molecule has 4 nitrogen and oxygen atoms in total. The van der Waals surface area contributed by atoms with Crippen LogP contribution in [0.2, 0.25) is 0 Å². The normalized spacial score (nSPS) is 12.0. The van der Waals surface area contributed by atoms with Crippen LogP contribution in [0.15, 0.2) is 42.7 Å². The number of aliphatic hydroxyl groups is 1. The van der Waals surface area contributed by atoms with Gasteiger partial charge in [0.05, 0.1) is 17.5 Å². The van der Waals surface area contributed by atoms with Crippen LogP contribution in [0.1, 0.15) is 32.3 Å². The van der Waals surface area contributed by atoms with Crippen LogP contribution in [0.3, 0.4) is 0 Å². The Morgan fingerprint density at radius 2 is 1.86 bits per heavy atom. The maximum atomic E-state index is 10.4. The summed E-state index contributed by atoms with van der Waals surface area (Å²) in [5, 5.41) is 14.8. The number of likely N-dealkylation sites (N-methyl/N-ethyl adjacent to an activating group) is 1. The van der Waals surface area contributed by atoms with Crippen molar-refractivity contribution < 1.29 is 5.11 Å². The molecule has 0 spiro atoms. The van der Waals surface area contributed by atoms with E-state index in [1.165, 1.54) is 0 Å². The monoisotopic (exact) mass is 287 g/mol. The van der Waals surface area contributed by atoms with Gasteiger partial charge in [-0.25, -0.2) is 4.68 Å². The number of hydrogen-bond donors (Lipinski definition) is 1. The number of para-hydroxylation sites is 1. The van der Waals surface area contributed by atoms with Gasteiger partial charge in [0.25, 0.3) is 0 Å². The van der Waals surface area contributed by atoms with E-state index in [0.717, 1.165) is 30.6 Å². The second-order valence-corrected chi connectivity index (χ2v) is 5.73. The summed E-state index contributed by atoms with van der Waals surface area (Å²) in [7, 11) is 2.04. The van der Waals surface area contributed by atoms with Gasteiger partial charge in [-0.15, -0.1) is 0 Å². The van der Waals surface area contributed by atoms with Crippen LogP contribution in [0.25, 0.3) is 5.69 Å². The minimum atomic E-state index is -0.593. The molecule has 0 atom stereocenters. The average molecular weight is 287 g/mol. The molecule has 2 rings (SSSR count). The SMILES string of the molecule is CCC(O)(CC)CN(C)Cc1cnn(-c2ccccc2)c1. The highest BCUT2D eigenvalue weighted by Crippen LogP contribution is 2.17. The van der Waals surface area contributed by atoms with Crippen LogP contribution in [0.5, 0.6) is 0 Å². The highest BCUT2D eigenvalue weighted by Gasteiger charge is 2.24. The molecule has 1 aromatic carbocycles. The van der Waals surface area contributed by atoms with E-state index in [9.17, 15) is 5.11 Å². The third-order valence-corrected chi connectivity index (χ3v) is 3.99. The maximum absolute atomic E-state index is 10.4. The van der Waals surface area contributed by atoms with Crippen molar-refractivity contribution in [3.63, 3.8) is 0 Å². The molecule has 114 valence electrons. The van der Waals surface area contributed by atoms with Gasteiger partial charge in [-0.3, -0.25) is 4.90 Å². The molecule has 0 saturated heterocycles. The molecular weight excluding hydrogens is 262 g/mol. The minimum Gasteiger partial charge on any atom is -0.389 e. The van der Waals surface area contributed by atoms with Crippen LogP contribution in [0, 0.1) is 0 Å². The van der Waals surface area contributed by atoms with Crippen LogP contribution < -0.4 is 0 Å². The summed E-state index contributed by atoms with van der Waals surface area (Å²) in [4.78, 5) is 2.15. The first kappa shape index (κ1) is 15.7. The van der Waals surface area contributed by atoms with Crippen molar-refractivity contribution in [3.05, 3.63) is 48.3 Å². The summed E-state index contributed by atoms with van der Waals surface area (Å²) in [5.41, 5.74) is 1.62. The summed E-state index contributed by atoms with van der Waals surface area (Å²) >= 11 is 0. The quantitative estimate of drug-likeness (QED) is 0.851. The molecule has 0 aliphatic rings. The lowest BCUT2D eigenvalue weighted by Gasteiger charge is -2.30. The molecule has 4 heteroatoms. The Labute approximate surface area is 127 Å². The zero-order chi connectivity index (χ0) is 15.3. The predicted molar refractivity (Wildman–Crippen MR) is 85.4 cm³/mol. The third-order valence-electron chi connectivity index (χ3n) is 3.99. The third kappa shape index (κ3) is 4.16. The summed E-state index contributed by atoms with van der Waals surface area (Å²) in [6, 6.07) is 10.1. The van der Waals surface area contributed by atoms with Gasteiger partial charge in [0.15, 0.2) is 0 Å². The van der Waals surface area contributed by atoms with Crippen LogP contribution in [0.4, 0.5) is 0 Å². The van der Waals surface area contributed by atoms with Gasteiger partial charge in [-0.1, -0.05) is 32.0 Å². The molecule has 0 amide bonds. The average Bonchev–Trinajstić information content (AvgIpc) is 2.96. The van der Waals surface area contributed by atoms with E-state index in [4.69, 9.17) is 0 Å². The van der Waals surface area contributed by atoms with Crippen molar-refractivity contribution in [1.82, 2.24) is 14.7 Å². The van der Waals surface area contributed by atoms with Crippen LogP contribution in [-0.4, -0.2) is 39.0 Å². The number of aromatic nitrogens is 2. The maximum Gasteiger partial charge on any atom is 0.0768 e. The Balaban J connectivity index is 1.99. The fraction of sp³-hybridized carbons (Fsp3) is 0.471. The van der Waals surface area contributed by atoms with Crippen molar-refractivity contribution in [1.29, 1.82) is 0 Å². The second kappa shape index (κ2) is 6.87. The number of benzene rings is 1. The first-order chi connectivity index (χ1) is 10.1. The van der Waals surface area contributed by atoms with E-state index in [2.05, 4.69) is 10.00 Å². The Kier molecular flexibility index (Phi) is 5.15. The number of nitrogens with zero attached hydrogens (tertiary/aromatic N) is 3. The molecule has 21 heavy (non-hydrogen) atoms. The summed E-state index contributed by atoms with van der Waals surface area (Å²) in [6.45, 7) is 5.53. The summed E-state index contributed by atoms with van der Waals surface area (Å²) in [6.07, 6.45) is 5.48. The van der Waals surface area contributed by atoms with Crippen LogP contribution >= 0.6 is 0 Å². The van der Waals surface area contributed by atoms with Crippen molar-refractivity contribution in [3.8, 4) is 5.69 Å². The fourth-order valence-corrected chi connectivity index (χ4v) is 2.51. The smallest absolute Gasteiger partial charge is 0.0768 e. The highest BCUT2D eigenvalue weighted by molar-refractivity contribution is 5.30. The van der Waals surface area contributed by atoms with Gasteiger partial charge in [0.1, 0.15) is 0 Å². The van der Waals surface area contributed by atoms with E-state index >= 15 is 0 Å². The molecule has 0 bridgehead atoms. The lowest BCUT2D eigenvalue weighted by molar-refractivity contribution is 0.00130. The lowest BCUT2D eigenvalue weighted by Crippen LogP contribution is -2.40. The van der Waals surface area contributed by atoms with Crippen molar-refractivity contribution in [2.45, 2.75) is 38.8 Å². The first-order valence-electron chi connectivity index (χ1n) is 7.56. The highest BCUT2D eigenvalue weighted by atomic mass is 16.3. The van der Waals surface area contributed by atoms with Crippen molar-refractivity contribution >= 4 is 0 Å². The van der Waals surface area contributed by atoms with Gasteiger partial charge in [-0.2, -0.15) is 5.10 Å². The standard InChI is InChI=1S/C17H25N3O/c1-4-17(21,5-2)14-19(3)12-15-11-18-20(13-15)16-9-7-6-8-10-16/h6-11,13,21H,4-5,12,14H2,1-3H3. The first-order valence-corrected chi connectivity index (χ1v) is 7.56. The number of rotatable bonds is 7. The Morgan fingerprint density at radius 1 is 1.19 bits per heavy atom. The minimum absolute atomic E-state index is 0.593. The molecule has 0 fully saturated rings. The van der Waals surface area contributed by atoms with Gasteiger partial charge < -0.3 is 5.11 Å². The fourth-order valence-electron chi connectivity index (χ4n) is 2.51. The topological polar surface area (TPSA) is 41.3 Å². The Hall–Kier alpha value is -1.65. The van der Waals surface area contributed by atoms with Crippen LogP contribution in [-0.2, 0) is 6.54 Å². The Bertz CT molecular complexity index is 546. The molecule has 1 N–H and O–H groups in total. The molecule has 1 aromatic heterocycles. The molecule has 2 aromatic rings. The second-order valence-electron chi connectivity index (χ2n) is 5.73. The number of hydrogen-bond acceptors (Lipinski definition) is 3. The largest absolute Gasteiger partial charge is 0.389 e. The van der Waals surface area contributed by atoms with E-state index in [0.29, 0.717) is 6.54 Å². The predicted octanol–water partition coefficient (Wildman–Crippen LogP) is 2.86. The zero-order valence-electron chi connectivity index (χ0n) is 13.2. The van der Waals surface area contributed by atoms with Gasteiger partial charge in [0.2, 0.25) is 0 Å². The molecular formula is C17H25N3O. The van der Waals surface area contributed by atoms with E-state index < -0.39 is 5.60 Å². The summed E-state index contributed by atoms with van der Waals surface area (Å²) in [5.74, 6) is 0. The molecule has 0 saturated carbocycles. The van der Waals surface area contributed by atoms with E-state index in [1.807, 2.05) is 68.3 Å². The van der Waals surface area contributed by atoms with Gasteiger partial charge in [-0.05, 0) is 32.0 Å². The van der Waals surface area contributed by atoms with Gasteiger partial charge >= 0.3 is 0 Å². The zero-order valence-corrected chi connectivity index (χ0v) is 13.2. The Morgan fingerprint density at radius 3 is 2.48 bits per heavy atom. The van der Waals surface area contributed by atoms with Crippen molar-refractivity contribution in [2.24, 2.45) is 0 Å².